The maximum absolute atomic E-state index is 14.0. The molecular weight excluding hydrogens is 339 g/mol. The summed E-state index contributed by atoms with van der Waals surface area (Å²) >= 11 is 9.91. The van der Waals surface area contributed by atoms with Gasteiger partial charge in [-0.25, -0.2) is 4.39 Å². The molecule has 0 aromatic heterocycles. The van der Waals surface area contributed by atoms with Crippen LogP contribution in [0.4, 0.5) is 4.39 Å². The first-order valence-electron chi connectivity index (χ1n) is 6.86. The van der Waals surface area contributed by atoms with Gasteiger partial charge in [0, 0.05) is 10.0 Å². The minimum atomic E-state index is -0.460. The lowest BCUT2D eigenvalue weighted by Gasteiger charge is -2.19. The van der Waals surface area contributed by atoms with Crippen LogP contribution in [0.25, 0.3) is 0 Å². The molecule has 3 rings (SSSR count). The molecule has 1 aliphatic rings. The second-order valence-corrected chi connectivity index (χ2v) is 6.52. The molecule has 3 heteroatoms. The van der Waals surface area contributed by atoms with E-state index >= 15 is 0 Å². The highest BCUT2D eigenvalue weighted by atomic mass is 79.9. The lowest BCUT2D eigenvalue weighted by molar-refractivity contribution is 0.610. The summed E-state index contributed by atoms with van der Waals surface area (Å²) in [7, 11) is 0. The topological polar surface area (TPSA) is 0 Å². The van der Waals surface area contributed by atoms with Gasteiger partial charge in [0.2, 0.25) is 0 Å². The Morgan fingerprint density at radius 3 is 2.55 bits per heavy atom. The van der Waals surface area contributed by atoms with Gasteiger partial charge in [-0.2, -0.15) is 0 Å². The highest BCUT2D eigenvalue weighted by Crippen LogP contribution is 2.37. The molecule has 1 aliphatic carbocycles. The van der Waals surface area contributed by atoms with Crippen molar-refractivity contribution in [2.24, 2.45) is 0 Å². The molecule has 20 heavy (non-hydrogen) atoms. The van der Waals surface area contributed by atoms with E-state index in [9.17, 15) is 4.39 Å². The summed E-state index contributed by atoms with van der Waals surface area (Å²) < 4.78 is 14.7. The number of hydrogen-bond donors (Lipinski definition) is 0. The Morgan fingerprint density at radius 1 is 1.05 bits per heavy atom. The second kappa shape index (κ2) is 5.87. The van der Waals surface area contributed by atoms with E-state index in [2.05, 4.69) is 28.1 Å². The number of aryl methyl sites for hydroxylation is 2. The molecular formula is C17H15BrClF. The van der Waals surface area contributed by atoms with Gasteiger partial charge in [-0.1, -0.05) is 40.2 Å². The van der Waals surface area contributed by atoms with E-state index in [1.54, 1.807) is 6.07 Å². The van der Waals surface area contributed by atoms with Crippen LogP contribution in [-0.2, 0) is 12.8 Å². The molecule has 1 atom stereocenters. The third-order valence-electron chi connectivity index (χ3n) is 3.92. The molecule has 104 valence electrons. The van der Waals surface area contributed by atoms with Crippen LogP contribution in [0.15, 0.2) is 40.9 Å². The number of halogens is 3. The molecule has 0 spiro atoms. The van der Waals surface area contributed by atoms with Crippen LogP contribution < -0.4 is 0 Å². The van der Waals surface area contributed by atoms with Crippen molar-refractivity contribution in [2.45, 2.75) is 31.1 Å². The van der Waals surface area contributed by atoms with E-state index in [1.165, 1.54) is 30.0 Å². The van der Waals surface area contributed by atoms with Gasteiger partial charge in [-0.3, -0.25) is 0 Å². The molecule has 0 amide bonds. The van der Waals surface area contributed by atoms with Gasteiger partial charge in [0.05, 0.1) is 5.38 Å². The first-order chi connectivity index (χ1) is 9.66. The number of rotatable bonds is 2. The zero-order valence-electron chi connectivity index (χ0n) is 11.0. The van der Waals surface area contributed by atoms with Gasteiger partial charge < -0.3 is 0 Å². The summed E-state index contributed by atoms with van der Waals surface area (Å²) in [6.45, 7) is 0. The summed E-state index contributed by atoms with van der Waals surface area (Å²) in [5.41, 5.74) is 4.27. The van der Waals surface area contributed by atoms with Crippen LogP contribution in [0.2, 0.25) is 0 Å². The Labute approximate surface area is 132 Å². The Hall–Kier alpha value is -0.860. The number of benzene rings is 2. The fourth-order valence-electron chi connectivity index (χ4n) is 2.83. The summed E-state index contributed by atoms with van der Waals surface area (Å²) in [5.74, 6) is -0.267. The fraction of sp³-hybridized carbons (Fsp3) is 0.294. The molecule has 0 saturated carbocycles. The van der Waals surface area contributed by atoms with Gasteiger partial charge >= 0.3 is 0 Å². The van der Waals surface area contributed by atoms with Crippen molar-refractivity contribution in [1.82, 2.24) is 0 Å². The third kappa shape index (κ3) is 2.64. The molecule has 0 nitrogen and oxygen atoms in total. The molecule has 1 unspecified atom stereocenters. The number of hydrogen-bond acceptors (Lipinski definition) is 0. The van der Waals surface area contributed by atoms with Gasteiger partial charge in [0.15, 0.2) is 0 Å². The minimum Gasteiger partial charge on any atom is -0.207 e. The van der Waals surface area contributed by atoms with Gasteiger partial charge in [-0.05, 0) is 54.5 Å². The molecule has 0 N–H and O–H groups in total. The lowest BCUT2D eigenvalue weighted by atomic mass is 9.89. The van der Waals surface area contributed by atoms with Crippen LogP contribution in [0.1, 0.15) is 40.5 Å². The Kier molecular flexibility index (Phi) is 4.13. The Morgan fingerprint density at radius 2 is 1.80 bits per heavy atom. The van der Waals surface area contributed by atoms with Crippen LogP contribution in [0.5, 0.6) is 0 Å². The molecule has 0 heterocycles. The monoisotopic (exact) mass is 352 g/mol. The minimum absolute atomic E-state index is 0.267. The molecule has 0 saturated heterocycles. The van der Waals surface area contributed by atoms with Gasteiger partial charge in [0.25, 0.3) is 0 Å². The standard InChI is InChI=1S/C17H15BrClF/c18-14-6-3-7-15(20)16(14)17(19)13-9-8-11-4-1-2-5-12(11)10-13/h3,6-10,17H,1-2,4-5H2. The zero-order chi connectivity index (χ0) is 14.1. The maximum Gasteiger partial charge on any atom is 0.129 e. The fourth-order valence-corrected chi connectivity index (χ4v) is 3.89. The summed E-state index contributed by atoms with van der Waals surface area (Å²) in [6.07, 6.45) is 4.74. The average Bonchev–Trinajstić information content (AvgIpc) is 2.46. The average molecular weight is 354 g/mol. The van der Waals surface area contributed by atoms with Crippen molar-refractivity contribution in [3.05, 3.63) is 68.9 Å². The first kappa shape index (κ1) is 14.1. The first-order valence-corrected chi connectivity index (χ1v) is 8.09. The third-order valence-corrected chi connectivity index (χ3v) is 5.08. The molecule has 0 fully saturated rings. The quantitative estimate of drug-likeness (QED) is 0.599. The van der Waals surface area contributed by atoms with Crippen LogP contribution in [-0.4, -0.2) is 0 Å². The van der Waals surface area contributed by atoms with Crippen molar-refractivity contribution in [1.29, 1.82) is 0 Å². The summed E-state index contributed by atoms with van der Waals surface area (Å²) in [5, 5.41) is -0.460. The predicted octanol–water partition coefficient (Wildman–Crippen LogP) is 5.80. The lowest BCUT2D eigenvalue weighted by Crippen LogP contribution is -2.05. The molecule has 2 aromatic carbocycles. The molecule has 0 aliphatic heterocycles. The molecule has 2 aromatic rings. The van der Waals surface area contributed by atoms with E-state index < -0.39 is 5.38 Å². The highest BCUT2D eigenvalue weighted by molar-refractivity contribution is 9.10. The second-order valence-electron chi connectivity index (χ2n) is 5.23. The Bertz CT molecular complexity index is 619. The normalized spacial score (nSPS) is 15.8. The van der Waals surface area contributed by atoms with Crippen LogP contribution in [0, 0.1) is 5.82 Å². The Balaban J connectivity index is 2.00. The summed E-state index contributed by atoms with van der Waals surface area (Å²) in [4.78, 5) is 0. The largest absolute Gasteiger partial charge is 0.207 e. The zero-order valence-corrected chi connectivity index (χ0v) is 13.3. The number of alkyl halides is 1. The van der Waals surface area contributed by atoms with Crippen molar-refractivity contribution in [2.75, 3.05) is 0 Å². The molecule has 0 radical (unpaired) electrons. The molecule has 0 bridgehead atoms. The van der Waals surface area contributed by atoms with Crippen molar-refractivity contribution >= 4 is 27.5 Å². The van der Waals surface area contributed by atoms with E-state index in [1.807, 2.05) is 12.1 Å². The summed E-state index contributed by atoms with van der Waals surface area (Å²) in [6, 6.07) is 11.3. The smallest absolute Gasteiger partial charge is 0.129 e. The van der Waals surface area contributed by atoms with Crippen molar-refractivity contribution < 1.29 is 4.39 Å². The van der Waals surface area contributed by atoms with Crippen molar-refractivity contribution in [3.8, 4) is 0 Å². The van der Waals surface area contributed by atoms with Gasteiger partial charge in [0.1, 0.15) is 5.82 Å². The van der Waals surface area contributed by atoms with E-state index in [0.29, 0.717) is 5.56 Å². The predicted molar refractivity (Wildman–Crippen MR) is 84.9 cm³/mol. The SMILES string of the molecule is Fc1cccc(Br)c1C(Cl)c1ccc2c(c1)CCCC2. The highest BCUT2D eigenvalue weighted by Gasteiger charge is 2.20. The van der Waals surface area contributed by atoms with Crippen LogP contribution >= 0.6 is 27.5 Å². The van der Waals surface area contributed by atoms with E-state index in [4.69, 9.17) is 11.6 Å². The van der Waals surface area contributed by atoms with Crippen LogP contribution in [0.3, 0.4) is 0 Å². The van der Waals surface area contributed by atoms with Gasteiger partial charge in [-0.15, -0.1) is 11.6 Å². The number of fused-ring (bicyclic) bond motifs is 1. The maximum atomic E-state index is 14.0. The van der Waals surface area contributed by atoms with Crippen molar-refractivity contribution in [3.63, 3.8) is 0 Å². The van der Waals surface area contributed by atoms with E-state index in [-0.39, 0.29) is 5.82 Å². The van der Waals surface area contributed by atoms with E-state index in [0.717, 1.165) is 22.9 Å².